The summed E-state index contributed by atoms with van der Waals surface area (Å²) < 4.78 is 31.3. The second-order valence-corrected chi connectivity index (χ2v) is 7.95. The highest BCUT2D eigenvalue weighted by molar-refractivity contribution is 7.86. The first-order valence-electron chi connectivity index (χ1n) is 10.1. The largest absolute Gasteiger partial charge is 0.480 e. The number of pyridine rings is 1. The summed E-state index contributed by atoms with van der Waals surface area (Å²) in [4.78, 5) is 15.4. The Balaban J connectivity index is 1.66. The molecule has 1 saturated heterocycles. The summed E-state index contributed by atoms with van der Waals surface area (Å²) in [6.45, 7) is 4.86. The lowest BCUT2D eigenvalue weighted by Gasteiger charge is -2.28. The van der Waals surface area contributed by atoms with Gasteiger partial charge in [-0.1, -0.05) is 18.8 Å². The molecule has 1 N–H and O–H groups in total. The van der Waals surface area contributed by atoms with Crippen LogP contribution in [0.25, 0.3) is 0 Å². The Morgan fingerprint density at radius 2 is 2.09 bits per heavy atom. The molecule has 0 amide bonds. The first kappa shape index (κ1) is 21.8. The number of nitrogens with zero attached hydrogens (tertiary/aromatic N) is 4. The summed E-state index contributed by atoms with van der Waals surface area (Å²) in [5, 5.41) is 0.299. The van der Waals surface area contributed by atoms with Gasteiger partial charge in [0, 0.05) is 24.8 Å². The van der Waals surface area contributed by atoms with Crippen LogP contribution >= 0.6 is 0 Å². The lowest BCUT2D eigenvalue weighted by atomic mass is 10.1. The van der Waals surface area contributed by atoms with Crippen LogP contribution in [-0.2, 0) is 22.1 Å². The molecule has 0 saturated carbocycles. The molecule has 0 bridgehead atoms. The number of methoxy groups -OCH3 is 1. The van der Waals surface area contributed by atoms with Gasteiger partial charge in [-0.05, 0) is 24.6 Å². The fourth-order valence-electron chi connectivity index (χ4n) is 3.23. The number of ether oxygens (including phenoxy) is 2. The van der Waals surface area contributed by atoms with Crippen LogP contribution in [0.5, 0.6) is 5.88 Å². The molecule has 0 radical (unpaired) electrons. The van der Waals surface area contributed by atoms with Crippen molar-refractivity contribution in [2.75, 3.05) is 43.0 Å². The second-order valence-electron chi connectivity index (χ2n) is 6.81. The summed E-state index contributed by atoms with van der Waals surface area (Å²) in [5.41, 5.74) is 2.75. The molecule has 1 fully saturated rings. The molecule has 1 unspecified atom stereocenters. The Morgan fingerprint density at radius 3 is 2.81 bits per heavy atom. The molecule has 32 heavy (non-hydrogen) atoms. The summed E-state index contributed by atoms with van der Waals surface area (Å²) in [6.07, 6.45) is 5.39. The molecule has 4 heterocycles. The van der Waals surface area contributed by atoms with Gasteiger partial charge < -0.3 is 18.8 Å². The van der Waals surface area contributed by atoms with Gasteiger partial charge in [-0.3, -0.25) is 4.72 Å². The van der Waals surface area contributed by atoms with E-state index in [4.69, 9.17) is 13.9 Å². The Hall–Kier alpha value is -3.42. The van der Waals surface area contributed by atoms with Gasteiger partial charge in [-0.2, -0.15) is 0 Å². The summed E-state index contributed by atoms with van der Waals surface area (Å²) in [5.74, 6) is 7.50. The van der Waals surface area contributed by atoms with E-state index < -0.39 is 11.0 Å². The fourth-order valence-corrected chi connectivity index (χ4v) is 4.02. The molecule has 1 aliphatic heterocycles. The highest BCUT2D eigenvalue weighted by atomic mass is 32.2. The number of furan rings is 1. The molecular weight excluding hydrogens is 430 g/mol. The second kappa shape index (κ2) is 10.3. The van der Waals surface area contributed by atoms with Crippen LogP contribution in [-0.4, -0.2) is 52.6 Å². The lowest BCUT2D eigenvalue weighted by Crippen LogP contribution is -2.37. The van der Waals surface area contributed by atoms with Gasteiger partial charge in [0.05, 0.1) is 37.8 Å². The number of hydrogen-bond donors (Lipinski definition) is 1. The van der Waals surface area contributed by atoms with Crippen LogP contribution < -0.4 is 14.4 Å². The zero-order chi connectivity index (χ0) is 22.3. The van der Waals surface area contributed by atoms with E-state index in [0.717, 1.165) is 36.6 Å². The molecule has 4 rings (SSSR count). The maximum absolute atomic E-state index is 12.5. The average molecular weight is 454 g/mol. The van der Waals surface area contributed by atoms with Crippen molar-refractivity contribution in [3.8, 4) is 17.7 Å². The molecule has 1 atom stereocenters. The minimum absolute atomic E-state index is 0.299. The predicted octanol–water partition coefficient (Wildman–Crippen LogP) is 2.41. The number of hydrogen-bond acceptors (Lipinski definition) is 8. The predicted molar refractivity (Wildman–Crippen MR) is 120 cm³/mol. The van der Waals surface area contributed by atoms with E-state index >= 15 is 0 Å². The SMILES string of the molecule is CCc1ncnc(N2CCOCC2)c1C#Cc1cnc(OC)c(NS(=O)c2ccco2)c1. The van der Waals surface area contributed by atoms with E-state index in [2.05, 4.69) is 36.4 Å². The maximum Gasteiger partial charge on any atom is 0.238 e. The van der Waals surface area contributed by atoms with Crippen molar-refractivity contribution in [3.05, 3.63) is 53.8 Å². The zero-order valence-corrected chi connectivity index (χ0v) is 18.6. The topological polar surface area (TPSA) is 103 Å². The highest BCUT2D eigenvalue weighted by Gasteiger charge is 2.18. The van der Waals surface area contributed by atoms with Gasteiger partial charge in [0.25, 0.3) is 0 Å². The summed E-state index contributed by atoms with van der Waals surface area (Å²) in [7, 11) is -0.101. The van der Waals surface area contributed by atoms with Crippen LogP contribution in [0.4, 0.5) is 11.5 Å². The van der Waals surface area contributed by atoms with Crippen molar-refractivity contribution in [1.82, 2.24) is 15.0 Å². The Labute approximate surface area is 188 Å². The maximum atomic E-state index is 12.5. The van der Waals surface area contributed by atoms with Crippen LogP contribution in [0.15, 0.2) is 46.5 Å². The minimum atomic E-state index is -1.60. The van der Waals surface area contributed by atoms with Crippen molar-refractivity contribution in [2.45, 2.75) is 18.4 Å². The molecule has 1 aliphatic rings. The van der Waals surface area contributed by atoms with Crippen LogP contribution in [0.2, 0.25) is 0 Å². The van der Waals surface area contributed by atoms with E-state index in [1.54, 1.807) is 30.7 Å². The quantitative estimate of drug-likeness (QED) is 0.568. The summed E-state index contributed by atoms with van der Waals surface area (Å²) in [6, 6.07) is 5.04. The molecule has 0 aromatic carbocycles. The van der Waals surface area contributed by atoms with Gasteiger partial charge in [0.1, 0.15) is 17.8 Å². The third kappa shape index (κ3) is 4.90. The van der Waals surface area contributed by atoms with Gasteiger partial charge in [0.15, 0.2) is 11.0 Å². The average Bonchev–Trinajstić information content (AvgIpc) is 3.38. The van der Waals surface area contributed by atoms with Gasteiger partial charge in [0.2, 0.25) is 11.0 Å². The number of morpholine rings is 1. The molecule has 10 heteroatoms. The highest BCUT2D eigenvalue weighted by Crippen LogP contribution is 2.25. The van der Waals surface area contributed by atoms with E-state index in [1.165, 1.54) is 13.4 Å². The normalized spacial score (nSPS) is 14.4. The molecule has 3 aromatic heterocycles. The molecule has 0 spiro atoms. The number of nitrogens with one attached hydrogen (secondary N) is 1. The first-order valence-corrected chi connectivity index (χ1v) is 11.3. The zero-order valence-electron chi connectivity index (χ0n) is 17.8. The first-order chi connectivity index (χ1) is 15.7. The Kier molecular flexibility index (Phi) is 6.99. The lowest BCUT2D eigenvalue weighted by molar-refractivity contribution is 0.122. The smallest absolute Gasteiger partial charge is 0.238 e. The number of rotatable bonds is 6. The van der Waals surface area contributed by atoms with E-state index in [-0.39, 0.29) is 0 Å². The third-order valence-corrected chi connectivity index (χ3v) is 5.81. The molecular formula is C22H23N5O4S. The van der Waals surface area contributed by atoms with Crippen molar-refractivity contribution >= 4 is 22.5 Å². The van der Waals surface area contributed by atoms with Gasteiger partial charge in [-0.25, -0.2) is 19.2 Å². The van der Waals surface area contributed by atoms with Crippen molar-refractivity contribution in [1.29, 1.82) is 0 Å². The van der Waals surface area contributed by atoms with Crippen LogP contribution in [0.3, 0.4) is 0 Å². The number of anilines is 2. The van der Waals surface area contributed by atoms with Crippen LogP contribution in [0.1, 0.15) is 23.7 Å². The third-order valence-electron chi connectivity index (χ3n) is 4.81. The van der Waals surface area contributed by atoms with Crippen molar-refractivity contribution < 1.29 is 18.1 Å². The van der Waals surface area contributed by atoms with Crippen LogP contribution in [0, 0.1) is 11.8 Å². The number of aromatic nitrogens is 3. The molecule has 166 valence electrons. The van der Waals surface area contributed by atoms with Crippen molar-refractivity contribution in [2.24, 2.45) is 0 Å². The Morgan fingerprint density at radius 1 is 1.25 bits per heavy atom. The summed E-state index contributed by atoms with van der Waals surface area (Å²) >= 11 is 0. The van der Waals surface area contributed by atoms with E-state index in [9.17, 15) is 4.21 Å². The Bertz CT molecular complexity index is 1150. The van der Waals surface area contributed by atoms with E-state index in [0.29, 0.717) is 35.4 Å². The minimum Gasteiger partial charge on any atom is -0.480 e. The standard InChI is InChI=1S/C22H23N5O4S/c1-3-18-17(21(25-15-24-18)27-8-11-30-12-9-27)7-6-16-13-19(22(29-2)23-14-16)26-32(28)20-5-4-10-31-20/h4-5,10,13-15,26H,3,8-9,11-12H2,1-2H3. The molecule has 3 aromatic rings. The number of aryl methyl sites for hydroxylation is 1. The van der Waals surface area contributed by atoms with Gasteiger partial charge >= 0.3 is 0 Å². The molecule has 0 aliphatic carbocycles. The fraction of sp³-hybridized carbons (Fsp3) is 0.318. The molecule has 9 nitrogen and oxygen atoms in total. The van der Waals surface area contributed by atoms with E-state index in [1.807, 2.05) is 6.92 Å². The monoisotopic (exact) mass is 453 g/mol. The van der Waals surface area contributed by atoms with Crippen molar-refractivity contribution in [3.63, 3.8) is 0 Å². The van der Waals surface area contributed by atoms with Gasteiger partial charge in [-0.15, -0.1) is 0 Å².